The number of rotatable bonds is 4. The van der Waals surface area contributed by atoms with Gasteiger partial charge in [0.2, 0.25) is 0 Å². The van der Waals surface area contributed by atoms with Crippen molar-refractivity contribution in [2.24, 2.45) is 5.16 Å². The van der Waals surface area contributed by atoms with Gasteiger partial charge in [-0.2, -0.15) is 0 Å². The van der Waals surface area contributed by atoms with Gasteiger partial charge in [0.15, 0.2) is 0 Å². The highest BCUT2D eigenvalue weighted by atomic mass is 35.5. The molecule has 0 fully saturated rings. The number of amides is 1. The van der Waals surface area contributed by atoms with Crippen LogP contribution in [0.5, 0.6) is 5.75 Å². The molecule has 0 aliphatic carbocycles. The van der Waals surface area contributed by atoms with E-state index in [9.17, 15) is 9.18 Å². The van der Waals surface area contributed by atoms with Crippen LogP contribution < -0.4 is 10.1 Å². The fourth-order valence-corrected chi connectivity index (χ4v) is 2.27. The number of carbonyl (C=O) groups is 1. The summed E-state index contributed by atoms with van der Waals surface area (Å²) in [7, 11) is 1.60. The maximum absolute atomic E-state index is 12.2. The van der Waals surface area contributed by atoms with Gasteiger partial charge in [-0.15, -0.1) is 0 Å². The zero-order chi connectivity index (χ0) is 20.5. The summed E-state index contributed by atoms with van der Waals surface area (Å²) in [5.41, 5.74) is 1.71. The average Bonchev–Trinajstić information content (AvgIpc) is 2.68. The molecule has 0 unspecified atom stereocenters. The van der Waals surface area contributed by atoms with Crippen molar-refractivity contribution in [2.45, 2.75) is 0 Å². The molecule has 0 radical (unpaired) electrons. The van der Waals surface area contributed by atoms with Crippen LogP contribution in [0.1, 0.15) is 5.56 Å². The molecule has 0 saturated carbocycles. The molecule has 1 amide bonds. The van der Waals surface area contributed by atoms with E-state index in [1.807, 2.05) is 18.2 Å². The highest BCUT2D eigenvalue weighted by Gasteiger charge is 2.04. The number of hydrogen-bond acceptors (Lipinski definition) is 5. The lowest BCUT2D eigenvalue weighted by molar-refractivity contribution is 0.209. The number of oxime groups is 1. The summed E-state index contributed by atoms with van der Waals surface area (Å²) >= 11 is 5.96. The number of ether oxygens (including phenoxy) is 1. The van der Waals surface area contributed by atoms with E-state index in [1.165, 1.54) is 30.5 Å². The standard InChI is InChI=1S/C11H9ClN2O2.C7H6FNO2/c1-16-9-2-3-10-7(5-9)4-8(6-13-15)11(12)14-10;8-5-1-3-6(4-2-5)9-7(10)11/h2-6,15H,1H3;1-4,9H,(H,10,11)/i/hD. The number of aromatic nitrogens is 1. The van der Waals surface area contributed by atoms with Gasteiger partial charge in [-0.3, -0.25) is 5.32 Å². The maximum atomic E-state index is 12.2. The van der Waals surface area contributed by atoms with E-state index in [0.29, 0.717) is 16.4 Å². The molecule has 0 aliphatic heterocycles. The van der Waals surface area contributed by atoms with Crippen LogP contribution in [0.15, 0.2) is 53.7 Å². The molecule has 2 aromatic carbocycles. The smallest absolute Gasteiger partial charge is 0.409 e. The summed E-state index contributed by atoms with van der Waals surface area (Å²) in [5.74, 6) is 0.349. The largest absolute Gasteiger partial charge is 0.497 e. The SMILES string of the molecule is O=C(O)Nc1ccc(F)cc1.[2H]ON=Cc1cc2cc(OC)ccc2nc1Cl. The van der Waals surface area contributed by atoms with Crippen LogP contribution in [-0.2, 0) is 0 Å². The number of nitrogens with zero attached hydrogens (tertiary/aromatic N) is 2. The van der Waals surface area contributed by atoms with Crippen LogP contribution in [-0.4, -0.2) is 34.7 Å². The first kappa shape index (κ1) is 18.4. The first-order chi connectivity index (χ1) is 13.4. The number of hydrogen-bond donors (Lipinski definition) is 3. The normalized spacial score (nSPS) is 10.7. The lowest BCUT2D eigenvalue weighted by atomic mass is 10.1. The second kappa shape index (κ2) is 9.35. The molecule has 0 atom stereocenters. The molecular formula is C18H15ClFN3O4. The third-order valence-corrected chi connectivity index (χ3v) is 3.59. The van der Waals surface area contributed by atoms with Crippen molar-refractivity contribution in [3.63, 3.8) is 0 Å². The highest BCUT2D eigenvalue weighted by Crippen LogP contribution is 2.23. The minimum atomic E-state index is -1.16. The number of benzene rings is 2. The fraction of sp³-hybridized carbons (Fsp3) is 0.0556. The van der Waals surface area contributed by atoms with Crippen molar-refractivity contribution < 1.29 is 25.7 Å². The van der Waals surface area contributed by atoms with Crippen LogP contribution in [0.2, 0.25) is 6.58 Å². The Labute approximate surface area is 160 Å². The van der Waals surface area contributed by atoms with Crippen LogP contribution >= 0.6 is 11.6 Å². The topological polar surface area (TPSA) is 104 Å². The zero-order valence-corrected chi connectivity index (χ0v) is 14.8. The zero-order valence-electron chi connectivity index (χ0n) is 15.0. The van der Waals surface area contributed by atoms with Crippen molar-refractivity contribution in [1.82, 2.24) is 4.98 Å². The summed E-state index contributed by atoms with van der Waals surface area (Å²) in [6.45, 7) is 0. The van der Waals surface area contributed by atoms with E-state index in [0.717, 1.165) is 16.7 Å². The summed E-state index contributed by atoms with van der Waals surface area (Å²) in [4.78, 5) is 14.3. The van der Waals surface area contributed by atoms with Crippen molar-refractivity contribution in [3.8, 4) is 5.75 Å². The van der Waals surface area contributed by atoms with Crippen LogP contribution in [0, 0.1) is 5.82 Å². The van der Waals surface area contributed by atoms with Gasteiger partial charge in [-0.05, 0) is 48.5 Å². The quantitative estimate of drug-likeness (QED) is 0.260. The lowest BCUT2D eigenvalue weighted by Gasteiger charge is -2.04. The van der Waals surface area contributed by atoms with E-state index < -0.39 is 6.09 Å². The Kier molecular flexibility index (Phi) is 6.37. The minimum absolute atomic E-state index is 0.309. The highest BCUT2D eigenvalue weighted by molar-refractivity contribution is 6.32. The molecule has 0 bridgehead atoms. The number of carboxylic acid groups (broad SMARTS) is 1. The maximum Gasteiger partial charge on any atom is 0.409 e. The van der Waals surface area contributed by atoms with Gasteiger partial charge < -0.3 is 15.1 Å². The van der Waals surface area contributed by atoms with Crippen LogP contribution in [0.25, 0.3) is 10.9 Å². The number of anilines is 1. The molecule has 9 heteroatoms. The molecule has 0 spiro atoms. The predicted molar refractivity (Wildman–Crippen MR) is 101 cm³/mol. The van der Waals surface area contributed by atoms with Crippen molar-refractivity contribution in [3.05, 3.63) is 65.1 Å². The Morgan fingerprint density at radius 2 is 2.07 bits per heavy atom. The van der Waals surface area contributed by atoms with E-state index in [2.05, 4.69) is 20.7 Å². The first-order valence-corrected chi connectivity index (χ1v) is 7.86. The van der Waals surface area contributed by atoms with E-state index in [1.54, 1.807) is 13.2 Å². The molecule has 140 valence electrons. The summed E-state index contributed by atoms with van der Waals surface area (Å²) in [6.07, 6.45) is 0.179. The summed E-state index contributed by atoms with van der Waals surface area (Å²) in [5, 5.41) is 18.7. The number of methoxy groups -OCH3 is 1. The third kappa shape index (κ3) is 5.82. The molecule has 1 heterocycles. The number of pyridine rings is 1. The molecule has 0 saturated heterocycles. The molecule has 3 aromatic rings. The Bertz CT molecular complexity index is 986. The van der Waals surface area contributed by atoms with Crippen molar-refractivity contribution >= 4 is 40.5 Å². The monoisotopic (exact) mass is 392 g/mol. The van der Waals surface area contributed by atoms with Gasteiger partial charge >= 0.3 is 7.52 Å². The van der Waals surface area contributed by atoms with E-state index in [4.69, 9.17) is 22.9 Å². The molecule has 27 heavy (non-hydrogen) atoms. The van der Waals surface area contributed by atoms with Crippen molar-refractivity contribution in [1.29, 1.82) is 0 Å². The lowest BCUT2D eigenvalue weighted by Crippen LogP contribution is -2.06. The van der Waals surface area contributed by atoms with E-state index in [-0.39, 0.29) is 5.82 Å². The van der Waals surface area contributed by atoms with Gasteiger partial charge in [0.1, 0.15) is 16.7 Å². The van der Waals surface area contributed by atoms with Crippen LogP contribution in [0.4, 0.5) is 14.9 Å². The van der Waals surface area contributed by atoms with Gasteiger partial charge in [-0.25, -0.2) is 14.2 Å². The number of halogens is 2. The minimum Gasteiger partial charge on any atom is -0.497 e. The van der Waals surface area contributed by atoms with E-state index >= 15 is 0 Å². The predicted octanol–water partition coefficient (Wildman–Crippen LogP) is 4.62. The van der Waals surface area contributed by atoms with Gasteiger partial charge in [0.25, 0.3) is 0 Å². The second-order valence-electron chi connectivity index (χ2n) is 5.10. The van der Waals surface area contributed by atoms with Crippen molar-refractivity contribution in [2.75, 3.05) is 12.4 Å². The fourth-order valence-electron chi connectivity index (χ4n) is 2.08. The number of fused-ring (bicyclic) bond motifs is 1. The van der Waals surface area contributed by atoms with Crippen LogP contribution in [0.3, 0.4) is 0 Å². The molecular weight excluding hydrogens is 377 g/mol. The Morgan fingerprint density at radius 1 is 1.33 bits per heavy atom. The molecule has 0 aliphatic rings. The Hall–Kier alpha value is -3.39. The van der Waals surface area contributed by atoms with Gasteiger partial charge in [0.05, 0.1) is 18.8 Å². The second-order valence-corrected chi connectivity index (χ2v) is 5.46. The molecule has 3 N–H and O–H groups in total. The van der Waals surface area contributed by atoms with Gasteiger partial charge in [-0.1, -0.05) is 16.8 Å². The summed E-state index contributed by atoms with van der Waals surface area (Å²) < 4.78 is 23.8. The van der Waals surface area contributed by atoms with Gasteiger partial charge in [0, 0.05) is 16.6 Å². The third-order valence-electron chi connectivity index (χ3n) is 3.29. The first-order valence-electron chi connectivity index (χ1n) is 7.89. The average molecular weight is 393 g/mol. The Morgan fingerprint density at radius 3 is 2.70 bits per heavy atom. The molecule has 3 rings (SSSR count). The molecule has 1 aromatic heterocycles. The summed E-state index contributed by atoms with van der Waals surface area (Å²) in [6, 6.07) is 12.4. The Balaban J connectivity index is 0.000000221. The number of nitrogens with one attached hydrogen (secondary N) is 1. The molecule has 7 nitrogen and oxygen atoms in total.